The van der Waals surface area contributed by atoms with Crippen molar-refractivity contribution in [2.45, 2.75) is 46.6 Å². The molecule has 1 heteroatoms. The number of nitrogens with one attached hydrogen (secondary N) is 1. The molecular weight excluding hydrogens is 194 g/mol. The van der Waals surface area contributed by atoms with Crippen molar-refractivity contribution in [3.8, 4) is 0 Å². The van der Waals surface area contributed by atoms with Crippen LogP contribution in [0.2, 0.25) is 0 Å². The first-order chi connectivity index (χ1) is 7.60. The van der Waals surface area contributed by atoms with E-state index in [4.69, 9.17) is 0 Å². The van der Waals surface area contributed by atoms with Crippen LogP contribution in [-0.2, 0) is 0 Å². The minimum atomic E-state index is 0.489. The quantitative estimate of drug-likeness (QED) is 0.760. The Hall–Kier alpha value is -0.820. The monoisotopic (exact) mass is 219 g/mol. The van der Waals surface area contributed by atoms with Crippen molar-refractivity contribution in [2.75, 3.05) is 7.05 Å². The predicted molar refractivity (Wildman–Crippen MR) is 72.5 cm³/mol. The van der Waals surface area contributed by atoms with E-state index in [1.54, 1.807) is 0 Å². The third-order valence-corrected chi connectivity index (χ3v) is 3.35. The van der Waals surface area contributed by atoms with Crippen molar-refractivity contribution in [1.29, 1.82) is 0 Å². The fraction of sp³-hybridized carbons (Fsp3) is 0.600. The minimum absolute atomic E-state index is 0.489. The van der Waals surface area contributed by atoms with Crippen LogP contribution in [0.25, 0.3) is 0 Å². The lowest BCUT2D eigenvalue weighted by Crippen LogP contribution is -2.26. The summed E-state index contributed by atoms with van der Waals surface area (Å²) in [6, 6.07) is 0.489. The third kappa shape index (κ3) is 3.08. The smallest absolute Gasteiger partial charge is 0.0311 e. The summed E-state index contributed by atoms with van der Waals surface area (Å²) in [6.07, 6.45) is 9.21. The van der Waals surface area contributed by atoms with Gasteiger partial charge in [0.15, 0.2) is 0 Å². The normalized spacial score (nSPS) is 29.9. The van der Waals surface area contributed by atoms with Crippen LogP contribution in [0.1, 0.15) is 40.5 Å². The molecule has 1 atom stereocenters. The Bertz CT molecular complexity index is 318. The van der Waals surface area contributed by atoms with Gasteiger partial charge in [-0.3, -0.25) is 0 Å². The zero-order chi connectivity index (χ0) is 12.1. The molecule has 0 fully saturated rings. The van der Waals surface area contributed by atoms with E-state index in [2.05, 4.69) is 51.2 Å². The molecule has 0 radical (unpaired) electrons. The molecule has 0 aliphatic heterocycles. The van der Waals surface area contributed by atoms with E-state index in [1.807, 2.05) is 7.05 Å². The highest BCUT2D eigenvalue weighted by Crippen LogP contribution is 2.25. The van der Waals surface area contributed by atoms with Gasteiger partial charge >= 0.3 is 0 Å². The molecule has 16 heavy (non-hydrogen) atoms. The van der Waals surface area contributed by atoms with Crippen LogP contribution in [0.5, 0.6) is 0 Å². The molecule has 0 spiro atoms. The number of rotatable bonds is 3. The Morgan fingerprint density at radius 2 is 2.12 bits per heavy atom. The van der Waals surface area contributed by atoms with Gasteiger partial charge in [0, 0.05) is 6.04 Å². The minimum Gasteiger partial charge on any atom is -0.313 e. The van der Waals surface area contributed by atoms with Gasteiger partial charge < -0.3 is 5.32 Å². The lowest BCUT2D eigenvalue weighted by atomic mass is 9.89. The highest BCUT2D eigenvalue weighted by molar-refractivity contribution is 5.38. The van der Waals surface area contributed by atoms with Gasteiger partial charge in [-0.2, -0.15) is 0 Å². The number of hydrogen-bond donors (Lipinski definition) is 1. The van der Waals surface area contributed by atoms with Gasteiger partial charge in [0.1, 0.15) is 0 Å². The highest BCUT2D eigenvalue weighted by Gasteiger charge is 2.12. The summed E-state index contributed by atoms with van der Waals surface area (Å²) in [6.45, 7) is 9.02. The lowest BCUT2D eigenvalue weighted by Gasteiger charge is -2.21. The van der Waals surface area contributed by atoms with Gasteiger partial charge in [0.05, 0.1) is 0 Å². The predicted octanol–water partition coefficient (Wildman–Crippen LogP) is 3.84. The Balaban J connectivity index is 3.15. The fourth-order valence-electron chi connectivity index (χ4n) is 2.27. The Morgan fingerprint density at radius 3 is 2.62 bits per heavy atom. The van der Waals surface area contributed by atoms with Gasteiger partial charge in [-0.15, -0.1) is 0 Å². The summed E-state index contributed by atoms with van der Waals surface area (Å²) in [4.78, 5) is 0. The fourth-order valence-corrected chi connectivity index (χ4v) is 2.27. The Labute approximate surface area is 100 Å². The topological polar surface area (TPSA) is 12.0 Å². The summed E-state index contributed by atoms with van der Waals surface area (Å²) in [5.74, 6) is 0.602. The second-order valence-electron chi connectivity index (χ2n) is 4.86. The molecule has 0 aromatic rings. The second kappa shape index (κ2) is 6.05. The van der Waals surface area contributed by atoms with Crippen molar-refractivity contribution in [3.05, 3.63) is 34.9 Å². The van der Waals surface area contributed by atoms with E-state index in [0.717, 1.165) is 12.8 Å². The van der Waals surface area contributed by atoms with Crippen LogP contribution in [-0.4, -0.2) is 13.1 Å². The van der Waals surface area contributed by atoms with Crippen LogP contribution < -0.4 is 5.32 Å². The number of allylic oxidation sites excluding steroid dienone is 4. The average Bonchev–Trinajstić information content (AvgIpc) is 2.23. The molecule has 1 rings (SSSR count). The largest absolute Gasteiger partial charge is 0.313 e. The number of likely N-dealkylation sites (N-methyl/N-ethyl adjacent to an activating group) is 1. The first kappa shape index (κ1) is 13.2. The van der Waals surface area contributed by atoms with E-state index in [-0.39, 0.29) is 0 Å². The Morgan fingerprint density at radius 1 is 1.44 bits per heavy atom. The number of hydrogen-bond acceptors (Lipinski definition) is 1. The molecule has 1 N–H and O–H groups in total. The van der Waals surface area contributed by atoms with Crippen molar-refractivity contribution in [2.24, 2.45) is 5.92 Å². The second-order valence-corrected chi connectivity index (χ2v) is 4.86. The molecule has 0 saturated heterocycles. The standard InChI is InChI=1S/C15H25N/c1-6-13-8-7-9-15(16-5)12(4)10-14(13)11(2)3/h7-8,10-11,15-16H,6,9H2,1-5H3/b8-7?,12-10+,14-13+. The molecule has 0 saturated carbocycles. The average molecular weight is 219 g/mol. The molecular formula is C15H25N. The molecule has 0 amide bonds. The van der Waals surface area contributed by atoms with Gasteiger partial charge in [0.25, 0.3) is 0 Å². The van der Waals surface area contributed by atoms with Gasteiger partial charge in [-0.05, 0) is 43.9 Å². The molecule has 0 heterocycles. The summed E-state index contributed by atoms with van der Waals surface area (Å²) in [5.41, 5.74) is 4.43. The summed E-state index contributed by atoms with van der Waals surface area (Å²) in [5, 5.41) is 3.37. The molecule has 1 nitrogen and oxygen atoms in total. The molecule has 0 aromatic heterocycles. The molecule has 1 aliphatic rings. The van der Waals surface area contributed by atoms with E-state index in [1.165, 1.54) is 16.7 Å². The van der Waals surface area contributed by atoms with E-state index < -0.39 is 0 Å². The van der Waals surface area contributed by atoms with Crippen LogP contribution >= 0.6 is 0 Å². The maximum atomic E-state index is 3.37. The van der Waals surface area contributed by atoms with Gasteiger partial charge in [0.2, 0.25) is 0 Å². The molecule has 1 unspecified atom stereocenters. The van der Waals surface area contributed by atoms with Crippen molar-refractivity contribution in [3.63, 3.8) is 0 Å². The van der Waals surface area contributed by atoms with E-state index >= 15 is 0 Å². The molecule has 0 bridgehead atoms. The van der Waals surface area contributed by atoms with Crippen LogP contribution in [0.4, 0.5) is 0 Å². The molecule has 0 aromatic carbocycles. The first-order valence-electron chi connectivity index (χ1n) is 6.35. The Kier molecular flexibility index (Phi) is 5.01. The molecule has 1 aliphatic carbocycles. The lowest BCUT2D eigenvalue weighted by molar-refractivity contribution is 0.638. The van der Waals surface area contributed by atoms with Crippen LogP contribution in [0.15, 0.2) is 34.9 Å². The van der Waals surface area contributed by atoms with E-state index in [9.17, 15) is 0 Å². The van der Waals surface area contributed by atoms with Crippen molar-refractivity contribution >= 4 is 0 Å². The van der Waals surface area contributed by atoms with Crippen LogP contribution in [0.3, 0.4) is 0 Å². The summed E-state index contributed by atoms with van der Waals surface area (Å²) in [7, 11) is 2.04. The van der Waals surface area contributed by atoms with Gasteiger partial charge in [-0.1, -0.05) is 44.6 Å². The van der Waals surface area contributed by atoms with Crippen LogP contribution in [0, 0.1) is 5.92 Å². The highest BCUT2D eigenvalue weighted by atomic mass is 14.9. The summed E-state index contributed by atoms with van der Waals surface area (Å²) < 4.78 is 0. The maximum Gasteiger partial charge on any atom is 0.0311 e. The first-order valence-corrected chi connectivity index (χ1v) is 6.35. The zero-order valence-corrected chi connectivity index (χ0v) is 11.3. The molecule has 90 valence electrons. The SMILES string of the molecule is CC/C1=C(C(C)C)/C=C(\C)C(NC)CC=C1. The van der Waals surface area contributed by atoms with Crippen molar-refractivity contribution < 1.29 is 0 Å². The van der Waals surface area contributed by atoms with Gasteiger partial charge in [-0.25, -0.2) is 0 Å². The third-order valence-electron chi connectivity index (χ3n) is 3.35. The maximum absolute atomic E-state index is 3.37. The van der Waals surface area contributed by atoms with E-state index in [0.29, 0.717) is 12.0 Å². The summed E-state index contributed by atoms with van der Waals surface area (Å²) >= 11 is 0. The van der Waals surface area contributed by atoms with Crippen molar-refractivity contribution in [1.82, 2.24) is 5.32 Å². The zero-order valence-electron chi connectivity index (χ0n) is 11.3.